The van der Waals surface area contributed by atoms with Gasteiger partial charge in [0.25, 0.3) is 0 Å². The molecule has 0 amide bonds. The summed E-state index contributed by atoms with van der Waals surface area (Å²) in [7, 11) is 0. The van der Waals surface area contributed by atoms with Crippen LogP contribution in [0.15, 0.2) is 42.0 Å². The maximum Gasteiger partial charge on any atom is -0.00578 e. The zero-order valence-electron chi connectivity index (χ0n) is 8.22. The van der Waals surface area contributed by atoms with E-state index < -0.39 is 0 Å². The molecule has 0 unspecified atom stereocenters. The van der Waals surface area contributed by atoms with E-state index in [1.165, 1.54) is 27.8 Å². The molecule has 2 rings (SSSR count). The van der Waals surface area contributed by atoms with Crippen LogP contribution in [0.25, 0.3) is 5.57 Å². The van der Waals surface area contributed by atoms with Crippen molar-refractivity contribution in [3.63, 3.8) is 0 Å². The molecular weight excluding hydrogens is 156 g/mol. The van der Waals surface area contributed by atoms with Crippen molar-refractivity contribution in [2.24, 2.45) is 0 Å². The molecule has 0 heterocycles. The average Bonchev–Trinajstić information content (AvgIpc) is 2.15. The van der Waals surface area contributed by atoms with Gasteiger partial charge in [0.05, 0.1) is 0 Å². The third kappa shape index (κ3) is 1.23. The van der Waals surface area contributed by atoms with E-state index in [-0.39, 0.29) is 0 Å². The van der Waals surface area contributed by atoms with Gasteiger partial charge in [0, 0.05) is 0 Å². The third-order valence-corrected chi connectivity index (χ3v) is 2.89. The second kappa shape index (κ2) is 2.88. The third-order valence-electron chi connectivity index (χ3n) is 2.89. The molecule has 0 bridgehead atoms. The Bertz CT molecular complexity index is 394. The molecule has 66 valence electrons. The summed E-state index contributed by atoms with van der Waals surface area (Å²) < 4.78 is 0. The van der Waals surface area contributed by atoms with Gasteiger partial charge in [-0.05, 0) is 42.5 Å². The van der Waals surface area contributed by atoms with E-state index in [0.717, 1.165) is 6.42 Å². The standard InChI is InChI=1S/C13H14/c1-9-8-12-6-4-5-7-13(12)11(3)10(9)2/h4-7H,3,8H2,1-2H3. The van der Waals surface area contributed by atoms with Crippen LogP contribution >= 0.6 is 0 Å². The van der Waals surface area contributed by atoms with Gasteiger partial charge in [0.2, 0.25) is 0 Å². The van der Waals surface area contributed by atoms with Crippen molar-refractivity contribution in [2.75, 3.05) is 0 Å². The Balaban J connectivity index is 2.59. The molecule has 0 fully saturated rings. The van der Waals surface area contributed by atoms with Crippen molar-refractivity contribution in [3.05, 3.63) is 53.1 Å². The Morgan fingerprint density at radius 3 is 2.62 bits per heavy atom. The van der Waals surface area contributed by atoms with Crippen molar-refractivity contribution >= 4 is 5.57 Å². The van der Waals surface area contributed by atoms with Gasteiger partial charge >= 0.3 is 0 Å². The molecular formula is C13H14. The minimum atomic E-state index is 1.08. The number of hydrogen-bond acceptors (Lipinski definition) is 0. The summed E-state index contributed by atoms with van der Waals surface area (Å²) in [5, 5.41) is 0. The van der Waals surface area contributed by atoms with Gasteiger partial charge in [-0.2, -0.15) is 0 Å². The van der Waals surface area contributed by atoms with E-state index in [1.807, 2.05) is 0 Å². The normalized spacial score (nSPS) is 16.0. The fourth-order valence-electron chi connectivity index (χ4n) is 1.85. The zero-order chi connectivity index (χ0) is 9.42. The SMILES string of the molecule is C=C1C(C)=C(C)Cc2ccccc21. The van der Waals surface area contributed by atoms with Gasteiger partial charge < -0.3 is 0 Å². The van der Waals surface area contributed by atoms with E-state index >= 15 is 0 Å². The lowest BCUT2D eigenvalue weighted by atomic mass is 9.84. The molecule has 0 N–H and O–H groups in total. The first-order chi connectivity index (χ1) is 6.20. The summed E-state index contributed by atoms with van der Waals surface area (Å²) in [6.45, 7) is 8.48. The lowest BCUT2D eigenvalue weighted by Gasteiger charge is -2.20. The summed E-state index contributed by atoms with van der Waals surface area (Å²) in [5.41, 5.74) is 6.74. The van der Waals surface area contributed by atoms with Crippen LogP contribution in [0.3, 0.4) is 0 Å². The molecule has 0 aromatic heterocycles. The van der Waals surface area contributed by atoms with Crippen molar-refractivity contribution in [1.29, 1.82) is 0 Å². The first kappa shape index (κ1) is 8.31. The van der Waals surface area contributed by atoms with Crippen molar-refractivity contribution in [2.45, 2.75) is 20.3 Å². The number of allylic oxidation sites excluding steroid dienone is 3. The molecule has 0 heteroatoms. The highest BCUT2D eigenvalue weighted by atomic mass is 14.2. The summed E-state index contributed by atoms with van der Waals surface area (Å²) in [6, 6.07) is 8.53. The van der Waals surface area contributed by atoms with Crippen molar-refractivity contribution in [3.8, 4) is 0 Å². The highest BCUT2D eigenvalue weighted by Gasteiger charge is 2.14. The van der Waals surface area contributed by atoms with Gasteiger partial charge in [-0.25, -0.2) is 0 Å². The first-order valence-electron chi connectivity index (χ1n) is 4.64. The Kier molecular flexibility index (Phi) is 1.84. The second-order valence-corrected chi connectivity index (χ2v) is 3.72. The predicted octanol–water partition coefficient (Wildman–Crippen LogP) is 3.59. The van der Waals surface area contributed by atoms with E-state index in [9.17, 15) is 0 Å². The highest BCUT2D eigenvalue weighted by molar-refractivity contribution is 5.81. The molecule has 0 saturated heterocycles. The van der Waals surface area contributed by atoms with Crippen LogP contribution in [0.1, 0.15) is 25.0 Å². The van der Waals surface area contributed by atoms with Gasteiger partial charge in [0.15, 0.2) is 0 Å². The minimum absolute atomic E-state index is 1.08. The van der Waals surface area contributed by atoms with Crippen LogP contribution in [0.2, 0.25) is 0 Å². The summed E-state index contributed by atoms with van der Waals surface area (Å²) in [5.74, 6) is 0. The Labute approximate surface area is 79.6 Å². The smallest absolute Gasteiger partial charge is 0.00578 e. The van der Waals surface area contributed by atoms with E-state index in [1.54, 1.807) is 0 Å². The molecule has 1 aliphatic rings. The van der Waals surface area contributed by atoms with E-state index in [4.69, 9.17) is 0 Å². The molecule has 1 aromatic carbocycles. The molecule has 1 aromatic rings. The molecule has 0 saturated carbocycles. The van der Waals surface area contributed by atoms with Gasteiger partial charge in [-0.1, -0.05) is 36.4 Å². The predicted molar refractivity (Wildman–Crippen MR) is 57.6 cm³/mol. The number of fused-ring (bicyclic) bond motifs is 1. The Morgan fingerprint density at radius 1 is 1.15 bits per heavy atom. The van der Waals surface area contributed by atoms with Crippen LogP contribution in [-0.4, -0.2) is 0 Å². The monoisotopic (exact) mass is 170 g/mol. The fraction of sp³-hybridized carbons (Fsp3) is 0.231. The Hall–Kier alpha value is -1.30. The largest absolute Gasteiger partial charge is 0.0909 e. The van der Waals surface area contributed by atoms with Gasteiger partial charge in [-0.3, -0.25) is 0 Å². The lowest BCUT2D eigenvalue weighted by Crippen LogP contribution is -2.03. The van der Waals surface area contributed by atoms with Crippen LogP contribution in [-0.2, 0) is 6.42 Å². The molecule has 13 heavy (non-hydrogen) atoms. The lowest BCUT2D eigenvalue weighted by molar-refractivity contribution is 1.08. The van der Waals surface area contributed by atoms with E-state index in [0.29, 0.717) is 0 Å². The van der Waals surface area contributed by atoms with Crippen LogP contribution in [0.5, 0.6) is 0 Å². The number of hydrogen-bond donors (Lipinski definition) is 0. The fourth-order valence-corrected chi connectivity index (χ4v) is 1.85. The van der Waals surface area contributed by atoms with Crippen LogP contribution in [0.4, 0.5) is 0 Å². The second-order valence-electron chi connectivity index (χ2n) is 3.72. The highest BCUT2D eigenvalue weighted by Crippen LogP contribution is 2.33. The zero-order valence-corrected chi connectivity index (χ0v) is 8.22. The van der Waals surface area contributed by atoms with Crippen LogP contribution in [0, 0.1) is 0 Å². The maximum atomic E-state index is 4.13. The molecule has 0 radical (unpaired) electrons. The van der Waals surface area contributed by atoms with E-state index in [2.05, 4.69) is 44.7 Å². The maximum absolute atomic E-state index is 4.13. The van der Waals surface area contributed by atoms with Crippen LogP contribution < -0.4 is 0 Å². The average molecular weight is 170 g/mol. The first-order valence-corrected chi connectivity index (χ1v) is 4.64. The summed E-state index contributed by atoms with van der Waals surface area (Å²) in [4.78, 5) is 0. The van der Waals surface area contributed by atoms with Gasteiger partial charge in [-0.15, -0.1) is 0 Å². The quantitative estimate of drug-likeness (QED) is 0.558. The molecule has 0 atom stereocenters. The van der Waals surface area contributed by atoms with Crippen molar-refractivity contribution < 1.29 is 0 Å². The van der Waals surface area contributed by atoms with Gasteiger partial charge in [0.1, 0.15) is 0 Å². The topological polar surface area (TPSA) is 0 Å². The summed E-state index contributed by atoms with van der Waals surface area (Å²) >= 11 is 0. The minimum Gasteiger partial charge on any atom is -0.0909 e. The van der Waals surface area contributed by atoms with Crippen molar-refractivity contribution in [1.82, 2.24) is 0 Å². The summed E-state index contributed by atoms with van der Waals surface area (Å²) in [6.07, 6.45) is 1.08. The number of rotatable bonds is 0. The molecule has 1 aliphatic carbocycles. The Morgan fingerprint density at radius 2 is 1.85 bits per heavy atom. The molecule has 0 nitrogen and oxygen atoms in total. The molecule has 0 aliphatic heterocycles. The number of benzene rings is 1. The molecule has 0 spiro atoms.